The van der Waals surface area contributed by atoms with Crippen molar-refractivity contribution in [2.75, 3.05) is 85.7 Å². The molecular formula is C45H83N7O6. The third-order valence-electron chi connectivity index (χ3n) is 10.8. The van der Waals surface area contributed by atoms with Gasteiger partial charge in [-0.2, -0.15) is 0 Å². The number of piperazine rings is 2. The molecule has 58 heavy (non-hydrogen) atoms. The van der Waals surface area contributed by atoms with E-state index in [9.17, 15) is 24.0 Å². The van der Waals surface area contributed by atoms with E-state index in [2.05, 4.69) is 22.2 Å². The van der Waals surface area contributed by atoms with E-state index in [1.54, 1.807) is 6.20 Å². The number of aryl methyl sites for hydroxylation is 2. The molecule has 1 aromatic rings. The number of ketones is 2. The molecule has 3 saturated heterocycles. The number of rotatable bonds is 10. The van der Waals surface area contributed by atoms with Crippen LogP contribution < -0.4 is 5.32 Å². The number of carbonyl (C=O) groups is 5. The summed E-state index contributed by atoms with van der Waals surface area (Å²) >= 11 is 0. The molecule has 334 valence electrons. The van der Waals surface area contributed by atoms with E-state index in [-0.39, 0.29) is 41.4 Å². The minimum absolute atomic E-state index is 0.119. The monoisotopic (exact) mass is 818 g/mol. The van der Waals surface area contributed by atoms with Gasteiger partial charge in [0.2, 0.25) is 17.7 Å². The molecule has 4 heterocycles. The topological polar surface area (TPSA) is 137 Å². The Morgan fingerprint density at radius 1 is 0.638 bits per heavy atom. The summed E-state index contributed by atoms with van der Waals surface area (Å²) < 4.78 is 7.09. The van der Waals surface area contributed by atoms with Crippen molar-refractivity contribution in [3.05, 3.63) is 18.2 Å². The number of ether oxygens (including phenoxy) is 1. The van der Waals surface area contributed by atoms with Gasteiger partial charge in [0.15, 0.2) is 0 Å². The van der Waals surface area contributed by atoms with Crippen molar-refractivity contribution in [3.8, 4) is 0 Å². The molecule has 3 amide bonds. The van der Waals surface area contributed by atoms with Crippen LogP contribution in [-0.2, 0) is 42.2 Å². The van der Waals surface area contributed by atoms with Gasteiger partial charge in [-0.25, -0.2) is 4.98 Å². The van der Waals surface area contributed by atoms with Crippen LogP contribution in [0.1, 0.15) is 114 Å². The lowest BCUT2D eigenvalue weighted by Crippen LogP contribution is -2.48. The predicted molar refractivity (Wildman–Crippen MR) is 233 cm³/mol. The number of nitrogens with zero attached hydrogens (tertiary/aromatic N) is 6. The number of nitrogens with one attached hydrogen (secondary N) is 1. The molecular weight excluding hydrogens is 735 g/mol. The number of likely N-dealkylation sites (N-methyl/N-ethyl adjacent to an activating group) is 1. The van der Waals surface area contributed by atoms with Gasteiger partial charge in [-0.3, -0.25) is 24.0 Å². The molecule has 4 fully saturated rings. The highest BCUT2D eigenvalue weighted by Gasteiger charge is 2.22. The largest absolute Gasteiger partial charge is 0.378 e. The van der Waals surface area contributed by atoms with Gasteiger partial charge < -0.3 is 34.2 Å². The Morgan fingerprint density at radius 2 is 1.09 bits per heavy atom. The summed E-state index contributed by atoms with van der Waals surface area (Å²) in [4.78, 5) is 69.1. The van der Waals surface area contributed by atoms with E-state index in [0.717, 1.165) is 90.0 Å². The summed E-state index contributed by atoms with van der Waals surface area (Å²) in [5, 5.41) is 3.21. The molecule has 4 aliphatic rings. The minimum atomic E-state index is 0.119. The van der Waals surface area contributed by atoms with Gasteiger partial charge in [0.25, 0.3) is 0 Å². The Kier molecular flexibility index (Phi) is 26.5. The first-order valence-electron chi connectivity index (χ1n) is 22.2. The summed E-state index contributed by atoms with van der Waals surface area (Å²) in [6, 6.07) is 0. The number of carbonyl (C=O) groups excluding carboxylic acids is 5. The van der Waals surface area contributed by atoms with Crippen molar-refractivity contribution < 1.29 is 28.7 Å². The van der Waals surface area contributed by atoms with Crippen LogP contribution >= 0.6 is 0 Å². The van der Waals surface area contributed by atoms with E-state index >= 15 is 0 Å². The molecule has 3 aliphatic heterocycles. The van der Waals surface area contributed by atoms with E-state index in [1.165, 1.54) is 25.7 Å². The Morgan fingerprint density at radius 3 is 1.50 bits per heavy atom. The minimum Gasteiger partial charge on any atom is -0.378 e. The van der Waals surface area contributed by atoms with Gasteiger partial charge in [-0.15, -0.1) is 0 Å². The molecule has 1 aliphatic carbocycles. The van der Waals surface area contributed by atoms with E-state index in [0.29, 0.717) is 37.1 Å². The quantitative estimate of drug-likeness (QED) is 0.331. The summed E-state index contributed by atoms with van der Waals surface area (Å²) in [6.07, 6.45) is 11.1. The lowest BCUT2D eigenvalue weighted by atomic mass is 9.95. The third-order valence-corrected chi connectivity index (χ3v) is 10.8. The van der Waals surface area contributed by atoms with Crippen molar-refractivity contribution in [1.29, 1.82) is 0 Å². The Bertz CT molecular complexity index is 1280. The number of morpholine rings is 1. The third kappa shape index (κ3) is 21.7. The summed E-state index contributed by atoms with van der Waals surface area (Å²) in [6.45, 7) is 29.9. The first-order chi connectivity index (χ1) is 27.3. The van der Waals surface area contributed by atoms with Crippen molar-refractivity contribution in [2.24, 2.45) is 42.6 Å². The molecule has 5 rings (SSSR count). The highest BCUT2D eigenvalue weighted by molar-refractivity contribution is 5.81. The number of imidazole rings is 1. The SMILES string of the molecule is CC(C)C(=O)CC1CCCC1.CC(C)C(=O)CCc1nccn1C.CC(C)C(=O)N1CCN(C)CC1.CC(C)C(=O)N1CCNCC1.CC(C)C(=O)N1CCOCC1. The van der Waals surface area contributed by atoms with Crippen LogP contribution in [0, 0.1) is 35.5 Å². The highest BCUT2D eigenvalue weighted by Crippen LogP contribution is 2.28. The zero-order valence-corrected chi connectivity index (χ0v) is 38.7. The summed E-state index contributed by atoms with van der Waals surface area (Å²) in [7, 11) is 4.04. The average Bonchev–Trinajstić information content (AvgIpc) is 3.89. The molecule has 0 unspecified atom stereocenters. The smallest absolute Gasteiger partial charge is 0.225 e. The Labute approximate surface area is 352 Å². The van der Waals surface area contributed by atoms with Gasteiger partial charge in [0.05, 0.1) is 13.2 Å². The molecule has 0 radical (unpaired) electrons. The van der Waals surface area contributed by atoms with Crippen LogP contribution in [0.2, 0.25) is 0 Å². The molecule has 1 aromatic heterocycles. The molecule has 13 nitrogen and oxygen atoms in total. The number of hydrogen-bond donors (Lipinski definition) is 1. The second-order valence-corrected chi connectivity index (χ2v) is 17.7. The van der Waals surface area contributed by atoms with Crippen molar-refractivity contribution in [1.82, 2.24) is 34.5 Å². The molecule has 1 saturated carbocycles. The van der Waals surface area contributed by atoms with Crippen LogP contribution in [0.15, 0.2) is 12.4 Å². The van der Waals surface area contributed by atoms with Gasteiger partial charge in [0.1, 0.15) is 17.4 Å². The van der Waals surface area contributed by atoms with E-state index in [1.807, 2.05) is 102 Å². The summed E-state index contributed by atoms with van der Waals surface area (Å²) in [5.74, 6) is 4.09. The molecule has 1 N–H and O–H groups in total. The molecule has 0 atom stereocenters. The fourth-order valence-electron chi connectivity index (χ4n) is 6.69. The molecule has 0 bridgehead atoms. The van der Waals surface area contributed by atoms with E-state index < -0.39 is 0 Å². The molecule has 0 spiro atoms. The maximum Gasteiger partial charge on any atom is 0.225 e. The Balaban J connectivity index is 0.000000363. The normalized spacial score (nSPS) is 17.5. The van der Waals surface area contributed by atoms with Crippen LogP contribution in [0.3, 0.4) is 0 Å². The van der Waals surface area contributed by atoms with Gasteiger partial charge >= 0.3 is 0 Å². The molecule has 0 aromatic carbocycles. The maximum atomic E-state index is 11.5. The second-order valence-electron chi connectivity index (χ2n) is 17.7. The van der Waals surface area contributed by atoms with Crippen LogP contribution in [0.5, 0.6) is 0 Å². The van der Waals surface area contributed by atoms with Crippen molar-refractivity contribution in [2.45, 2.75) is 114 Å². The fraction of sp³-hybridized carbons (Fsp3) is 0.822. The fourth-order valence-corrected chi connectivity index (χ4v) is 6.69. The lowest BCUT2D eigenvalue weighted by Gasteiger charge is -2.33. The van der Waals surface area contributed by atoms with Crippen LogP contribution in [-0.4, -0.2) is 144 Å². The van der Waals surface area contributed by atoms with Crippen LogP contribution in [0.4, 0.5) is 0 Å². The van der Waals surface area contributed by atoms with Gasteiger partial charge in [-0.05, 0) is 13.0 Å². The van der Waals surface area contributed by atoms with Gasteiger partial charge in [-0.1, -0.05) is 94.9 Å². The zero-order chi connectivity index (χ0) is 43.8. The Hall–Kier alpha value is -3.16. The highest BCUT2D eigenvalue weighted by atomic mass is 16.5. The second kappa shape index (κ2) is 29.1. The number of aromatic nitrogens is 2. The standard InChI is InChI=1S/C10H16N2O.C10H18O.C9H18N2O.C8H16N2O.C8H15NO2/c1-8(2)9(13)4-5-10-11-6-7-12(10)3;1-8(2)10(11)7-9-5-3-4-6-9;1-8(2)9(12)11-6-4-10(3)5-7-11;1-7(2)8(11)10-5-3-9-4-6-10;1-7(2)8(10)9-3-5-11-6-4-9/h6-8H,4-5H2,1-3H3;8-9H,3-7H2,1-2H3;8H,4-7H2,1-3H3;7,9H,3-6H2,1-2H3;7H,3-6H2,1-2H3. The van der Waals surface area contributed by atoms with Crippen LogP contribution in [0.25, 0.3) is 0 Å². The number of amides is 3. The zero-order valence-electron chi connectivity index (χ0n) is 38.7. The first kappa shape index (κ1) is 52.9. The maximum absolute atomic E-state index is 11.5. The predicted octanol–water partition coefficient (Wildman–Crippen LogP) is 5.36. The number of Topliss-reactive ketones (excluding diaryl/α,β-unsaturated/α-hetero) is 2. The van der Waals surface area contributed by atoms with E-state index in [4.69, 9.17) is 4.74 Å². The van der Waals surface area contributed by atoms with Crippen molar-refractivity contribution in [3.63, 3.8) is 0 Å². The summed E-state index contributed by atoms with van der Waals surface area (Å²) in [5.41, 5.74) is 0. The van der Waals surface area contributed by atoms with Crippen molar-refractivity contribution >= 4 is 29.3 Å². The van der Waals surface area contributed by atoms with Gasteiger partial charge in [0, 0.05) is 134 Å². The molecule has 13 heteroatoms. The lowest BCUT2D eigenvalue weighted by molar-refractivity contribution is -0.138. The first-order valence-corrected chi connectivity index (χ1v) is 22.2. The average molecular weight is 818 g/mol. The number of hydrogen-bond acceptors (Lipinski definition) is 9.